The molecular formula is C32H28ClN7O3. The Bertz CT molecular complexity index is 1980. The van der Waals surface area contributed by atoms with Crippen LogP contribution in [-0.2, 0) is 11.2 Å². The third-order valence-corrected chi connectivity index (χ3v) is 7.11. The van der Waals surface area contributed by atoms with Crippen molar-refractivity contribution in [1.29, 1.82) is 0 Å². The average Bonchev–Trinajstić information content (AvgIpc) is 3.66. The Hall–Kier alpha value is -5.09. The topological polar surface area (TPSA) is 121 Å². The van der Waals surface area contributed by atoms with Crippen molar-refractivity contribution >= 4 is 28.6 Å². The smallest absolute Gasteiger partial charge is 0.338 e. The number of hydrogen-bond donors (Lipinski definition) is 1. The number of benzene rings is 3. The molecule has 0 saturated heterocycles. The number of nitrogens with zero attached hydrogens (tertiary/aromatic N) is 6. The lowest BCUT2D eigenvalue weighted by molar-refractivity contribution is 0.00696. The van der Waals surface area contributed by atoms with Gasteiger partial charge in [-0.15, -0.1) is 5.10 Å². The summed E-state index contributed by atoms with van der Waals surface area (Å²) >= 11 is 6.34. The highest BCUT2D eigenvalue weighted by molar-refractivity contribution is 6.31. The minimum Gasteiger partial charge on any atom is -0.456 e. The third-order valence-electron chi connectivity index (χ3n) is 6.87. The number of ether oxygens (including phenoxy) is 1. The standard InChI is InChI=1S/C32H28ClN7O3/c1-32(2,3)43-31(42)22-9-11-25-26(16-22)36-30(35-25)28(15-20-7-5-4-6-8-20)39-14-13-21(17-29(39)41)24-18-23(33)10-12-27(24)40-19-34-37-38-40/h4-14,16-19,28H,15H2,1-3H3,(H,35,36)/t28-/m1/s1. The number of carbonyl (C=O) groups excluding carboxylic acids is 1. The van der Waals surface area contributed by atoms with Crippen LogP contribution in [0.5, 0.6) is 0 Å². The zero-order valence-corrected chi connectivity index (χ0v) is 24.5. The van der Waals surface area contributed by atoms with Gasteiger partial charge in [0.2, 0.25) is 0 Å². The van der Waals surface area contributed by atoms with Crippen molar-refractivity contribution in [3.63, 3.8) is 0 Å². The second-order valence-electron chi connectivity index (χ2n) is 11.1. The Morgan fingerprint density at radius 3 is 2.56 bits per heavy atom. The van der Waals surface area contributed by atoms with E-state index in [2.05, 4.69) is 20.5 Å². The van der Waals surface area contributed by atoms with E-state index in [0.717, 1.165) is 5.56 Å². The summed E-state index contributed by atoms with van der Waals surface area (Å²) in [7, 11) is 0. The van der Waals surface area contributed by atoms with E-state index < -0.39 is 17.6 Å². The predicted molar refractivity (Wildman–Crippen MR) is 163 cm³/mol. The van der Waals surface area contributed by atoms with Crippen LogP contribution in [-0.4, -0.2) is 46.3 Å². The highest BCUT2D eigenvalue weighted by atomic mass is 35.5. The molecule has 3 heterocycles. The van der Waals surface area contributed by atoms with Crippen LogP contribution in [0.1, 0.15) is 48.6 Å². The fraction of sp³-hybridized carbons (Fsp3) is 0.188. The Balaban J connectivity index is 1.41. The number of H-pyrrole nitrogens is 1. The molecule has 11 heteroatoms. The molecular weight excluding hydrogens is 566 g/mol. The Kier molecular flexibility index (Phi) is 7.37. The number of fused-ring (bicyclic) bond motifs is 1. The summed E-state index contributed by atoms with van der Waals surface area (Å²) in [6.07, 6.45) is 3.75. The summed E-state index contributed by atoms with van der Waals surface area (Å²) in [5.74, 6) is 0.174. The van der Waals surface area contributed by atoms with Gasteiger partial charge < -0.3 is 14.3 Å². The average molecular weight is 594 g/mol. The lowest BCUT2D eigenvalue weighted by Crippen LogP contribution is -2.27. The van der Waals surface area contributed by atoms with Crippen LogP contribution in [0.25, 0.3) is 27.8 Å². The maximum atomic E-state index is 13.8. The first-order valence-corrected chi connectivity index (χ1v) is 14.0. The Morgan fingerprint density at radius 2 is 1.84 bits per heavy atom. The Morgan fingerprint density at radius 1 is 1.02 bits per heavy atom. The van der Waals surface area contributed by atoms with Crippen molar-refractivity contribution in [2.45, 2.75) is 38.8 Å². The van der Waals surface area contributed by atoms with E-state index in [1.807, 2.05) is 57.2 Å². The zero-order valence-electron chi connectivity index (χ0n) is 23.7. The zero-order chi connectivity index (χ0) is 30.1. The van der Waals surface area contributed by atoms with Crippen LogP contribution in [0.3, 0.4) is 0 Å². The molecule has 3 aromatic heterocycles. The van der Waals surface area contributed by atoms with Gasteiger partial charge in [-0.05, 0) is 84.8 Å². The molecule has 0 saturated carbocycles. The Labute approximate surface area is 251 Å². The number of tetrazole rings is 1. The van der Waals surface area contributed by atoms with Crippen LogP contribution >= 0.6 is 11.6 Å². The van der Waals surface area contributed by atoms with Crippen LogP contribution < -0.4 is 5.56 Å². The van der Waals surface area contributed by atoms with Gasteiger partial charge in [0.05, 0.1) is 28.3 Å². The molecule has 0 radical (unpaired) electrons. The van der Waals surface area contributed by atoms with E-state index in [-0.39, 0.29) is 5.56 Å². The first-order chi connectivity index (χ1) is 20.6. The highest BCUT2D eigenvalue weighted by Crippen LogP contribution is 2.30. The molecule has 0 aliphatic heterocycles. The molecule has 6 rings (SSSR count). The van der Waals surface area contributed by atoms with Crippen LogP contribution in [0.15, 0.2) is 96.2 Å². The van der Waals surface area contributed by atoms with Crippen molar-refractivity contribution in [2.75, 3.05) is 0 Å². The number of aromatic amines is 1. The molecule has 216 valence electrons. The third kappa shape index (κ3) is 6.09. The van der Waals surface area contributed by atoms with E-state index in [0.29, 0.717) is 50.7 Å². The van der Waals surface area contributed by atoms with Crippen molar-refractivity contribution in [3.05, 3.63) is 124 Å². The molecule has 0 aliphatic rings. The maximum Gasteiger partial charge on any atom is 0.338 e. The van der Waals surface area contributed by atoms with Crippen LogP contribution in [0, 0.1) is 0 Å². The number of rotatable bonds is 7. The van der Waals surface area contributed by atoms with Crippen LogP contribution in [0.4, 0.5) is 0 Å². The van der Waals surface area contributed by atoms with Crippen molar-refractivity contribution in [1.82, 2.24) is 34.7 Å². The summed E-state index contributed by atoms with van der Waals surface area (Å²) in [5.41, 5.74) is 4.02. The number of pyridine rings is 1. The van der Waals surface area contributed by atoms with E-state index in [4.69, 9.17) is 21.3 Å². The van der Waals surface area contributed by atoms with E-state index in [1.165, 1.54) is 11.0 Å². The molecule has 43 heavy (non-hydrogen) atoms. The number of carbonyl (C=O) groups is 1. The molecule has 6 aromatic rings. The molecule has 3 aromatic carbocycles. The molecule has 10 nitrogen and oxygen atoms in total. The van der Waals surface area contributed by atoms with Gasteiger partial charge in [-0.1, -0.05) is 41.9 Å². The van der Waals surface area contributed by atoms with Gasteiger partial charge >= 0.3 is 5.97 Å². The molecule has 0 amide bonds. The minimum absolute atomic E-state index is 0.226. The molecule has 0 unspecified atom stereocenters. The summed E-state index contributed by atoms with van der Waals surface area (Å²) in [6, 6.07) is 23.4. The number of nitrogens with one attached hydrogen (secondary N) is 1. The summed E-state index contributed by atoms with van der Waals surface area (Å²) in [4.78, 5) is 34.7. The first-order valence-electron chi connectivity index (χ1n) is 13.7. The van der Waals surface area contributed by atoms with Gasteiger partial charge in [0.25, 0.3) is 5.56 Å². The monoisotopic (exact) mass is 593 g/mol. The van der Waals surface area contributed by atoms with Gasteiger partial charge in [0.1, 0.15) is 17.8 Å². The molecule has 0 spiro atoms. The van der Waals surface area contributed by atoms with Crippen LogP contribution in [0.2, 0.25) is 5.02 Å². The van der Waals surface area contributed by atoms with Gasteiger partial charge in [-0.25, -0.2) is 9.78 Å². The van der Waals surface area contributed by atoms with Gasteiger partial charge in [0, 0.05) is 29.3 Å². The van der Waals surface area contributed by atoms with E-state index in [9.17, 15) is 9.59 Å². The molecule has 0 bridgehead atoms. The van der Waals surface area contributed by atoms with Gasteiger partial charge in [-0.3, -0.25) is 4.79 Å². The number of imidazole rings is 1. The molecule has 0 aliphatic carbocycles. The normalized spacial score (nSPS) is 12.4. The van der Waals surface area contributed by atoms with Crippen molar-refractivity contribution in [3.8, 4) is 16.8 Å². The number of halogens is 1. The molecule has 1 N–H and O–H groups in total. The number of hydrogen-bond acceptors (Lipinski definition) is 7. The second kappa shape index (κ2) is 11.3. The molecule has 1 atom stereocenters. The number of esters is 1. The summed E-state index contributed by atoms with van der Waals surface area (Å²) < 4.78 is 8.72. The summed E-state index contributed by atoms with van der Waals surface area (Å²) in [6.45, 7) is 5.48. The first kappa shape index (κ1) is 28.0. The maximum absolute atomic E-state index is 13.8. The lowest BCUT2D eigenvalue weighted by Gasteiger charge is -2.19. The largest absolute Gasteiger partial charge is 0.456 e. The SMILES string of the molecule is CC(C)(C)OC(=O)c1ccc2nc([C@@H](Cc3ccccc3)n3ccc(-c4cc(Cl)ccc4-n4cnnn4)cc3=O)[nH]c2c1. The van der Waals surface area contributed by atoms with E-state index in [1.54, 1.807) is 53.2 Å². The fourth-order valence-corrected chi connectivity index (χ4v) is 5.11. The number of aromatic nitrogens is 7. The van der Waals surface area contributed by atoms with Crippen molar-refractivity contribution in [2.24, 2.45) is 0 Å². The highest BCUT2D eigenvalue weighted by Gasteiger charge is 2.23. The van der Waals surface area contributed by atoms with Gasteiger partial charge in [0.15, 0.2) is 0 Å². The lowest BCUT2D eigenvalue weighted by atomic mass is 10.0. The second-order valence-corrected chi connectivity index (χ2v) is 11.6. The van der Waals surface area contributed by atoms with E-state index >= 15 is 0 Å². The summed E-state index contributed by atoms with van der Waals surface area (Å²) in [5, 5.41) is 12.0. The van der Waals surface area contributed by atoms with Gasteiger partial charge in [-0.2, -0.15) is 4.68 Å². The molecule has 0 fully saturated rings. The van der Waals surface area contributed by atoms with Crippen molar-refractivity contribution < 1.29 is 9.53 Å². The fourth-order valence-electron chi connectivity index (χ4n) is 4.94. The minimum atomic E-state index is -0.614. The predicted octanol–water partition coefficient (Wildman–Crippen LogP) is 5.81. The quantitative estimate of drug-likeness (QED) is 0.232.